The molecule has 2 N–H and O–H groups in total. The second kappa shape index (κ2) is 7.60. The molecule has 1 fully saturated rings. The first-order valence-corrected chi connectivity index (χ1v) is 8.84. The summed E-state index contributed by atoms with van der Waals surface area (Å²) in [6.07, 6.45) is 2.48. The van der Waals surface area contributed by atoms with E-state index in [2.05, 4.69) is 4.98 Å². The normalized spacial score (nSPS) is 19.9. The van der Waals surface area contributed by atoms with Crippen molar-refractivity contribution in [2.24, 2.45) is 11.7 Å². The molecule has 1 amide bonds. The maximum Gasteiger partial charge on any atom is 0.259 e. The second-order valence-corrected chi connectivity index (χ2v) is 7.02. The summed E-state index contributed by atoms with van der Waals surface area (Å²) in [5.41, 5.74) is 6.16. The molecule has 1 aromatic carbocycles. The number of benzene rings is 1. The zero-order valence-electron chi connectivity index (χ0n) is 13.8. The third-order valence-electron chi connectivity index (χ3n) is 4.36. The number of rotatable bonds is 4. The van der Waals surface area contributed by atoms with E-state index in [1.54, 1.807) is 36.5 Å². The summed E-state index contributed by atoms with van der Waals surface area (Å²) < 4.78 is 5.79. The Labute approximate surface area is 156 Å². The summed E-state index contributed by atoms with van der Waals surface area (Å²) in [7, 11) is 0. The molecule has 25 heavy (non-hydrogen) atoms. The van der Waals surface area contributed by atoms with Gasteiger partial charge in [0.15, 0.2) is 0 Å². The van der Waals surface area contributed by atoms with E-state index in [1.165, 1.54) is 0 Å². The van der Waals surface area contributed by atoms with Crippen LogP contribution in [0.15, 0.2) is 36.5 Å². The lowest BCUT2D eigenvalue weighted by atomic mass is 10.1. The third kappa shape index (κ3) is 3.89. The Morgan fingerprint density at radius 3 is 2.88 bits per heavy atom. The third-order valence-corrected chi connectivity index (χ3v) is 4.89. The Morgan fingerprint density at radius 2 is 2.20 bits per heavy atom. The smallest absolute Gasteiger partial charge is 0.259 e. The Kier molecular flexibility index (Phi) is 5.47. The van der Waals surface area contributed by atoms with Crippen LogP contribution in [0, 0.1) is 5.92 Å². The van der Waals surface area contributed by atoms with Crippen molar-refractivity contribution in [3.8, 4) is 11.6 Å². The standard InChI is InChI=1S/C18H19Cl2N3O2/c1-11-7-12(9-21)10-23(11)18(24)14-3-2-6-22-17(14)25-16-5-4-13(19)8-15(16)20/h2-6,8,11-12H,7,9-10,21H2,1H3. The highest BCUT2D eigenvalue weighted by atomic mass is 35.5. The number of nitrogens with zero attached hydrogens (tertiary/aromatic N) is 2. The highest BCUT2D eigenvalue weighted by Gasteiger charge is 2.33. The van der Waals surface area contributed by atoms with Crippen LogP contribution in [0.4, 0.5) is 0 Å². The molecule has 0 bridgehead atoms. The fourth-order valence-corrected chi connectivity index (χ4v) is 3.49. The van der Waals surface area contributed by atoms with Gasteiger partial charge in [-0.3, -0.25) is 4.79 Å². The number of halogens is 2. The zero-order chi connectivity index (χ0) is 18.0. The number of amides is 1. The van der Waals surface area contributed by atoms with Crippen molar-refractivity contribution < 1.29 is 9.53 Å². The van der Waals surface area contributed by atoms with Gasteiger partial charge < -0.3 is 15.4 Å². The van der Waals surface area contributed by atoms with E-state index in [4.69, 9.17) is 33.7 Å². The minimum atomic E-state index is -0.114. The van der Waals surface area contributed by atoms with Gasteiger partial charge in [0.1, 0.15) is 11.3 Å². The van der Waals surface area contributed by atoms with Crippen molar-refractivity contribution in [3.05, 3.63) is 52.1 Å². The molecule has 132 valence electrons. The Bertz CT molecular complexity index is 785. The molecule has 0 radical (unpaired) electrons. The van der Waals surface area contributed by atoms with Gasteiger partial charge in [0, 0.05) is 23.8 Å². The van der Waals surface area contributed by atoms with Gasteiger partial charge in [-0.2, -0.15) is 0 Å². The van der Waals surface area contributed by atoms with Gasteiger partial charge in [-0.1, -0.05) is 23.2 Å². The highest BCUT2D eigenvalue weighted by Crippen LogP contribution is 2.33. The van der Waals surface area contributed by atoms with Crippen LogP contribution in [-0.4, -0.2) is 34.9 Å². The van der Waals surface area contributed by atoms with Crippen molar-refractivity contribution in [3.63, 3.8) is 0 Å². The number of hydrogen-bond acceptors (Lipinski definition) is 4. The average Bonchev–Trinajstić information content (AvgIpc) is 2.98. The molecule has 1 saturated heterocycles. The van der Waals surface area contributed by atoms with Gasteiger partial charge in [-0.25, -0.2) is 4.98 Å². The monoisotopic (exact) mass is 379 g/mol. The molecule has 3 rings (SSSR count). The van der Waals surface area contributed by atoms with E-state index in [-0.39, 0.29) is 17.8 Å². The van der Waals surface area contributed by atoms with E-state index in [1.807, 2.05) is 11.8 Å². The van der Waals surface area contributed by atoms with Crippen LogP contribution in [0.5, 0.6) is 11.6 Å². The number of aromatic nitrogens is 1. The molecule has 0 saturated carbocycles. The highest BCUT2D eigenvalue weighted by molar-refractivity contribution is 6.35. The maximum absolute atomic E-state index is 13.0. The van der Waals surface area contributed by atoms with Crippen LogP contribution in [0.3, 0.4) is 0 Å². The van der Waals surface area contributed by atoms with Crippen molar-refractivity contribution in [2.75, 3.05) is 13.1 Å². The first kappa shape index (κ1) is 18.0. The number of nitrogens with two attached hydrogens (primary N) is 1. The minimum absolute atomic E-state index is 0.114. The number of ether oxygens (including phenoxy) is 1. The molecule has 0 aliphatic carbocycles. The minimum Gasteiger partial charge on any atom is -0.437 e. The fourth-order valence-electron chi connectivity index (χ4n) is 3.05. The van der Waals surface area contributed by atoms with Gasteiger partial charge in [0.05, 0.1) is 5.02 Å². The number of carbonyl (C=O) groups excluding carboxylic acids is 1. The summed E-state index contributed by atoms with van der Waals surface area (Å²) >= 11 is 12.1. The molecule has 1 aromatic heterocycles. The summed E-state index contributed by atoms with van der Waals surface area (Å²) in [5.74, 6) is 0.829. The number of pyridine rings is 1. The molecule has 7 heteroatoms. The van der Waals surface area contributed by atoms with E-state index in [9.17, 15) is 4.79 Å². The fraction of sp³-hybridized carbons (Fsp3) is 0.333. The lowest BCUT2D eigenvalue weighted by Gasteiger charge is -2.22. The van der Waals surface area contributed by atoms with Gasteiger partial charge in [0.25, 0.3) is 5.91 Å². The zero-order valence-corrected chi connectivity index (χ0v) is 15.3. The van der Waals surface area contributed by atoms with Gasteiger partial charge in [-0.15, -0.1) is 0 Å². The number of carbonyl (C=O) groups is 1. The Balaban J connectivity index is 1.87. The summed E-state index contributed by atoms with van der Waals surface area (Å²) in [6, 6.07) is 8.45. The van der Waals surface area contributed by atoms with Crippen molar-refractivity contribution in [1.82, 2.24) is 9.88 Å². The lowest BCUT2D eigenvalue weighted by molar-refractivity contribution is 0.0740. The summed E-state index contributed by atoms with van der Waals surface area (Å²) in [4.78, 5) is 19.0. The predicted molar refractivity (Wildman–Crippen MR) is 98.4 cm³/mol. The molecule has 2 unspecified atom stereocenters. The molecular weight excluding hydrogens is 361 g/mol. The van der Waals surface area contributed by atoms with Gasteiger partial charge >= 0.3 is 0 Å². The number of likely N-dealkylation sites (tertiary alicyclic amines) is 1. The quantitative estimate of drug-likeness (QED) is 0.871. The van der Waals surface area contributed by atoms with E-state index < -0.39 is 0 Å². The molecular formula is C18H19Cl2N3O2. The van der Waals surface area contributed by atoms with Crippen LogP contribution < -0.4 is 10.5 Å². The van der Waals surface area contributed by atoms with Gasteiger partial charge in [0.2, 0.25) is 5.88 Å². The predicted octanol–water partition coefficient (Wildman–Crippen LogP) is 3.99. The Hall–Kier alpha value is -1.82. The molecule has 1 aliphatic rings. The van der Waals surface area contributed by atoms with Crippen LogP contribution in [0.25, 0.3) is 0 Å². The van der Waals surface area contributed by atoms with Crippen molar-refractivity contribution in [1.29, 1.82) is 0 Å². The molecule has 0 spiro atoms. The maximum atomic E-state index is 13.0. The van der Waals surface area contributed by atoms with Crippen LogP contribution in [0.1, 0.15) is 23.7 Å². The van der Waals surface area contributed by atoms with Crippen molar-refractivity contribution in [2.45, 2.75) is 19.4 Å². The van der Waals surface area contributed by atoms with E-state index in [0.29, 0.717) is 40.4 Å². The SMILES string of the molecule is CC1CC(CN)CN1C(=O)c1cccnc1Oc1ccc(Cl)cc1Cl. The van der Waals surface area contributed by atoms with Crippen LogP contribution in [0.2, 0.25) is 10.0 Å². The van der Waals surface area contributed by atoms with Gasteiger partial charge in [-0.05, 0) is 56.1 Å². The largest absolute Gasteiger partial charge is 0.437 e. The number of hydrogen-bond donors (Lipinski definition) is 1. The first-order valence-electron chi connectivity index (χ1n) is 8.08. The first-order chi connectivity index (χ1) is 12.0. The molecule has 2 aromatic rings. The van der Waals surface area contributed by atoms with E-state index in [0.717, 1.165) is 6.42 Å². The molecule has 2 heterocycles. The second-order valence-electron chi connectivity index (χ2n) is 6.18. The summed E-state index contributed by atoms with van der Waals surface area (Å²) in [6.45, 7) is 3.25. The average molecular weight is 380 g/mol. The topological polar surface area (TPSA) is 68.5 Å². The van der Waals surface area contributed by atoms with Crippen LogP contribution in [-0.2, 0) is 0 Å². The van der Waals surface area contributed by atoms with Crippen molar-refractivity contribution >= 4 is 29.1 Å². The molecule has 1 aliphatic heterocycles. The van der Waals surface area contributed by atoms with E-state index >= 15 is 0 Å². The molecule has 2 atom stereocenters. The van der Waals surface area contributed by atoms with Crippen LogP contribution >= 0.6 is 23.2 Å². The lowest BCUT2D eigenvalue weighted by Crippen LogP contribution is -2.34. The Morgan fingerprint density at radius 1 is 1.40 bits per heavy atom. The molecule has 5 nitrogen and oxygen atoms in total. The summed E-state index contributed by atoms with van der Waals surface area (Å²) in [5, 5.41) is 0.864.